The van der Waals surface area contributed by atoms with Crippen LogP contribution in [-0.4, -0.2) is 34.9 Å². The zero-order chi connectivity index (χ0) is 29.4. The van der Waals surface area contributed by atoms with Gasteiger partial charge in [0, 0.05) is 6.42 Å². The number of nitrogens with one attached hydrogen (secondary N) is 1. The molecule has 4 heteroatoms. The number of aliphatic hydroxyl groups is 2. The lowest BCUT2D eigenvalue weighted by Gasteiger charge is -2.19. The molecule has 2 atom stereocenters. The predicted molar refractivity (Wildman–Crippen MR) is 175 cm³/mol. The Morgan fingerprint density at radius 1 is 0.575 bits per heavy atom. The van der Waals surface area contributed by atoms with Gasteiger partial charge in [0.1, 0.15) is 0 Å². The number of aliphatic hydroxyl groups excluding tert-OH is 2. The van der Waals surface area contributed by atoms with Gasteiger partial charge in [-0.15, -0.1) is 0 Å². The Bertz CT molecular complexity index is 613. The summed E-state index contributed by atoms with van der Waals surface area (Å²) < 4.78 is 0. The molecule has 0 aliphatic rings. The third-order valence-electron chi connectivity index (χ3n) is 7.60. The van der Waals surface area contributed by atoms with Crippen molar-refractivity contribution in [2.24, 2.45) is 0 Å². The average molecular weight is 562 g/mol. The lowest BCUT2D eigenvalue weighted by Crippen LogP contribution is -2.45. The Morgan fingerprint density at radius 2 is 0.975 bits per heavy atom. The third-order valence-corrected chi connectivity index (χ3v) is 7.60. The van der Waals surface area contributed by atoms with E-state index in [9.17, 15) is 15.0 Å². The molecule has 0 fully saturated rings. The van der Waals surface area contributed by atoms with E-state index in [4.69, 9.17) is 0 Å². The van der Waals surface area contributed by atoms with E-state index in [0.29, 0.717) is 6.42 Å². The van der Waals surface area contributed by atoms with E-state index >= 15 is 0 Å². The standard InChI is InChI=1S/C36H67NO3/c1-3-5-7-9-11-13-14-15-16-17-18-19-20-21-22-23-24-25-27-29-31-35(39)34(33-38)37-36(40)32-30-28-26-12-10-8-6-4-2/h19-20,23-24,29,31,34-35,38-39H,3-18,21-22,25-28,30,32-33H2,1-2H3,(H,37,40)/b20-19+,24-23+,31-29+. The van der Waals surface area contributed by atoms with Gasteiger partial charge in [-0.1, -0.05) is 153 Å². The highest BCUT2D eigenvalue weighted by Gasteiger charge is 2.17. The van der Waals surface area contributed by atoms with Crippen LogP contribution in [0.5, 0.6) is 0 Å². The van der Waals surface area contributed by atoms with E-state index in [-0.39, 0.29) is 12.5 Å². The molecule has 0 aromatic heterocycles. The smallest absolute Gasteiger partial charge is 0.220 e. The van der Waals surface area contributed by atoms with Gasteiger partial charge in [-0.2, -0.15) is 0 Å². The lowest BCUT2D eigenvalue weighted by atomic mass is 10.1. The van der Waals surface area contributed by atoms with Crippen LogP contribution in [0.3, 0.4) is 0 Å². The first kappa shape index (κ1) is 38.6. The molecule has 0 saturated heterocycles. The van der Waals surface area contributed by atoms with Crippen molar-refractivity contribution < 1.29 is 15.0 Å². The van der Waals surface area contributed by atoms with E-state index in [1.165, 1.54) is 109 Å². The van der Waals surface area contributed by atoms with Crippen LogP contribution in [0.4, 0.5) is 0 Å². The van der Waals surface area contributed by atoms with Gasteiger partial charge in [0.05, 0.1) is 18.8 Å². The van der Waals surface area contributed by atoms with Crippen molar-refractivity contribution in [2.45, 2.75) is 180 Å². The monoisotopic (exact) mass is 562 g/mol. The number of carbonyl (C=O) groups is 1. The molecule has 0 radical (unpaired) electrons. The Hall–Kier alpha value is -1.39. The zero-order valence-corrected chi connectivity index (χ0v) is 26.6. The number of carbonyl (C=O) groups excluding carboxylic acids is 1. The molecule has 0 aromatic carbocycles. The molecule has 0 aliphatic carbocycles. The zero-order valence-electron chi connectivity index (χ0n) is 26.6. The largest absolute Gasteiger partial charge is 0.394 e. The highest BCUT2D eigenvalue weighted by Crippen LogP contribution is 2.12. The van der Waals surface area contributed by atoms with Gasteiger partial charge < -0.3 is 15.5 Å². The minimum atomic E-state index is -0.864. The van der Waals surface area contributed by atoms with Crippen LogP contribution in [0, 0.1) is 0 Å². The molecule has 3 N–H and O–H groups in total. The molecule has 40 heavy (non-hydrogen) atoms. The highest BCUT2D eigenvalue weighted by atomic mass is 16.3. The Labute approximate surface area is 249 Å². The fourth-order valence-electron chi connectivity index (χ4n) is 4.91. The molecule has 2 unspecified atom stereocenters. The summed E-state index contributed by atoms with van der Waals surface area (Å²) in [6.45, 7) is 4.24. The molecule has 0 rings (SSSR count). The second-order valence-electron chi connectivity index (χ2n) is 11.6. The molecular weight excluding hydrogens is 494 g/mol. The van der Waals surface area contributed by atoms with Gasteiger partial charge in [0.15, 0.2) is 0 Å². The number of amides is 1. The average Bonchev–Trinajstić information content (AvgIpc) is 2.96. The minimum absolute atomic E-state index is 0.0852. The van der Waals surface area contributed by atoms with Crippen molar-refractivity contribution in [3.8, 4) is 0 Å². The van der Waals surface area contributed by atoms with Crippen LogP contribution in [0.15, 0.2) is 36.5 Å². The van der Waals surface area contributed by atoms with Gasteiger partial charge in [0.25, 0.3) is 0 Å². The van der Waals surface area contributed by atoms with Crippen molar-refractivity contribution in [3.63, 3.8) is 0 Å². The summed E-state index contributed by atoms with van der Waals surface area (Å²) in [4.78, 5) is 12.2. The fraction of sp³-hybridized carbons (Fsp3) is 0.806. The molecule has 1 amide bonds. The Kier molecular flexibility index (Phi) is 31.0. The van der Waals surface area contributed by atoms with E-state index in [0.717, 1.165) is 38.5 Å². The summed E-state index contributed by atoms with van der Waals surface area (Å²) in [5, 5.41) is 22.7. The van der Waals surface area contributed by atoms with Gasteiger partial charge >= 0.3 is 0 Å². The first-order valence-electron chi connectivity index (χ1n) is 17.2. The van der Waals surface area contributed by atoms with Gasteiger partial charge in [-0.25, -0.2) is 0 Å². The van der Waals surface area contributed by atoms with Gasteiger partial charge in [-0.3, -0.25) is 4.79 Å². The Morgan fingerprint density at radius 3 is 1.45 bits per heavy atom. The van der Waals surface area contributed by atoms with Gasteiger partial charge in [-0.05, 0) is 44.9 Å². The van der Waals surface area contributed by atoms with Gasteiger partial charge in [0.2, 0.25) is 5.91 Å². The molecular formula is C36H67NO3. The second-order valence-corrected chi connectivity index (χ2v) is 11.6. The first-order valence-corrected chi connectivity index (χ1v) is 17.2. The molecule has 0 aromatic rings. The molecule has 0 saturated carbocycles. The topological polar surface area (TPSA) is 69.6 Å². The quantitative estimate of drug-likeness (QED) is 0.0603. The van der Waals surface area contributed by atoms with E-state index in [2.05, 4.69) is 43.5 Å². The maximum Gasteiger partial charge on any atom is 0.220 e. The summed E-state index contributed by atoms with van der Waals surface area (Å²) in [5.41, 5.74) is 0. The summed E-state index contributed by atoms with van der Waals surface area (Å²) in [6, 6.07) is -0.638. The van der Waals surface area contributed by atoms with Crippen molar-refractivity contribution >= 4 is 5.91 Å². The number of unbranched alkanes of at least 4 members (excludes halogenated alkanes) is 19. The van der Waals surface area contributed by atoms with Crippen LogP contribution < -0.4 is 5.32 Å². The third kappa shape index (κ3) is 28.1. The van der Waals surface area contributed by atoms with E-state index < -0.39 is 12.1 Å². The first-order chi connectivity index (χ1) is 19.7. The summed E-state index contributed by atoms with van der Waals surface area (Å²) in [7, 11) is 0. The molecule has 0 spiro atoms. The van der Waals surface area contributed by atoms with Crippen LogP contribution in [0.2, 0.25) is 0 Å². The van der Waals surface area contributed by atoms with Crippen molar-refractivity contribution in [2.75, 3.05) is 6.61 Å². The van der Waals surface area contributed by atoms with Crippen LogP contribution >= 0.6 is 0 Å². The fourth-order valence-corrected chi connectivity index (χ4v) is 4.91. The summed E-state index contributed by atoms with van der Waals surface area (Å²) in [6.07, 6.45) is 40.9. The van der Waals surface area contributed by atoms with Crippen LogP contribution in [0.1, 0.15) is 168 Å². The SMILES string of the molecule is CCCCCCCCCCCC/C=C/CC/C=C/CC/C=C/C(O)C(CO)NC(=O)CCCCCCCCCC. The predicted octanol–water partition coefficient (Wildman–Crippen LogP) is 9.90. The molecule has 4 nitrogen and oxygen atoms in total. The normalized spacial score (nSPS) is 13.6. The lowest BCUT2D eigenvalue weighted by molar-refractivity contribution is -0.123. The van der Waals surface area contributed by atoms with Crippen molar-refractivity contribution in [3.05, 3.63) is 36.5 Å². The Balaban J connectivity index is 3.70. The minimum Gasteiger partial charge on any atom is -0.394 e. The number of hydrogen-bond donors (Lipinski definition) is 3. The van der Waals surface area contributed by atoms with E-state index in [1.807, 2.05) is 6.08 Å². The van der Waals surface area contributed by atoms with Crippen LogP contribution in [0.25, 0.3) is 0 Å². The number of rotatable bonds is 30. The van der Waals surface area contributed by atoms with Crippen molar-refractivity contribution in [1.82, 2.24) is 5.32 Å². The summed E-state index contributed by atoms with van der Waals surface area (Å²) >= 11 is 0. The maximum atomic E-state index is 12.2. The van der Waals surface area contributed by atoms with E-state index in [1.54, 1.807) is 6.08 Å². The van der Waals surface area contributed by atoms with Crippen LogP contribution in [-0.2, 0) is 4.79 Å². The number of hydrogen-bond acceptors (Lipinski definition) is 3. The molecule has 0 aliphatic heterocycles. The second kappa shape index (κ2) is 32.1. The maximum absolute atomic E-state index is 12.2. The molecule has 0 bridgehead atoms. The molecule has 0 heterocycles. The highest BCUT2D eigenvalue weighted by molar-refractivity contribution is 5.76. The summed E-state index contributed by atoms with van der Waals surface area (Å²) in [5.74, 6) is -0.0852. The van der Waals surface area contributed by atoms with Crippen molar-refractivity contribution in [1.29, 1.82) is 0 Å². The number of allylic oxidation sites excluding steroid dienone is 5. The molecule has 234 valence electrons.